The van der Waals surface area contributed by atoms with Crippen molar-refractivity contribution in [1.82, 2.24) is 4.98 Å². The number of nitrogens with two attached hydrogens (primary N) is 1. The highest BCUT2D eigenvalue weighted by atomic mass is 14.7. The normalized spacial score (nSPS) is 13.4. The Morgan fingerprint density at radius 3 is 3.00 bits per heavy atom. The number of hydrogen-bond donors (Lipinski definition) is 2. The maximum atomic E-state index is 5.61. The van der Waals surface area contributed by atoms with Crippen LogP contribution in [0.1, 0.15) is 18.4 Å². The lowest BCUT2D eigenvalue weighted by Crippen LogP contribution is -2.08. The van der Waals surface area contributed by atoms with Crippen molar-refractivity contribution in [3.8, 4) is 0 Å². The Labute approximate surface area is 77.8 Å². The Bertz CT molecular complexity index is 403. The second-order valence-corrected chi connectivity index (χ2v) is 3.46. The van der Waals surface area contributed by atoms with Crippen LogP contribution in [0.15, 0.2) is 30.5 Å². The van der Waals surface area contributed by atoms with Crippen molar-refractivity contribution in [2.24, 2.45) is 5.73 Å². The molecular weight excluding hydrogens is 160 g/mol. The molecule has 1 aromatic carbocycles. The Morgan fingerprint density at radius 2 is 2.23 bits per heavy atom. The van der Waals surface area contributed by atoms with E-state index < -0.39 is 0 Å². The third-order valence-corrected chi connectivity index (χ3v) is 2.50. The minimum atomic E-state index is 0.438. The van der Waals surface area contributed by atoms with Crippen molar-refractivity contribution in [1.29, 1.82) is 0 Å². The molecule has 2 heteroatoms. The number of benzene rings is 1. The lowest BCUT2D eigenvalue weighted by molar-refractivity contribution is 0.775. The van der Waals surface area contributed by atoms with Gasteiger partial charge in [-0.3, -0.25) is 0 Å². The van der Waals surface area contributed by atoms with Crippen LogP contribution in [0, 0.1) is 0 Å². The highest BCUT2D eigenvalue weighted by Crippen LogP contribution is 2.19. The van der Waals surface area contributed by atoms with E-state index >= 15 is 0 Å². The molecule has 0 spiro atoms. The summed E-state index contributed by atoms with van der Waals surface area (Å²) >= 11 is 0. The van der Waals surface area contributed by atoms with Gasteiger partial charge in [0, 0.05) is 11.7 Å². The average molecular weight is 174 g/mol. The molecule has 0 amide bonds. The van der Waals surface area contributed by atoms with E-state index in [1.165, 1.54) is 16.5 Å². The second-order valence-electron chi connectivity index (χ2n) is 3.46. The van der Waals surface area contributed by atoms with Gasteiger partial charge in [-0.25, -0.2) is 0 Å². The van der Waals surface area contributed by atoms with E-state index in [1.807, 2.05) is 6.20 Å². The van der Waals surface area contributed by atoms with Gasteiger partial charge in [0.2, 0.25) is 0 Å². The van der Waals surface area contributed by atoms with Gasteiger partial charge in [0.1, 0.15) is 0 Å². The second kappa shape index (κ2) is 3.23. The van der Waals surface area contributed by atoms with Crippen LogP contribution in [0.3, 0.4) is 0 Å². The number of rotatable bonds is 2. The van der Waals surface area contributed by atoms with Gasteiger partial charge in [-0.15, -0.1) is 0 Å². The zero-order valence-corrected chi connectivity index (χ0v) is 7.75. The van der Waals surface area contributed by atoms with E-state index in [2.05, 4.69) is 36.2 Å². The number of fused-ring (bicyclic) bond motifs is 1. The van der Waals surface area contributed by atoms with Crippen LogP contribution < -0.4 is 5.73 Å². The van der Waals surface area contributed by atoms with Crippen LogP contribution in [-0.2, 0) is 0 Å². The maximum absolute atomic E-state index is 5.61. The van der Waals surface area contributed by atoms with Crippen LogP contribution in [-0.4, -0.2) is 11.5 Å². The number of H-pyrrole nitrogens is 1. The van der Waals surface area contributed by atoms with Crippen LogP contribution in [0.2, 0.25) is 0 Å². The van der Waals surface area contributed by atoms with Gasteiger partial charge in [0.25, 0.3) is 0 Å². The van der Waals surface area contributed by atoms with Crippen molar-refractivity contribution >= 4 is 10.9 Å². The molecular formula is C11H14N2. The van der Waals surface area contributed by atoms with Crippen molar-refractivity contribution in [2.45, 2.75) is 12.8 Å². The summed E-state index contributed by atoms with van der Waals surface area (Å²) < 4.78 is 0. The largest absolute Gasteiger partial charge is 0.361 e. The minimum absolute atomic E-state index is 0.438. The lowest BCUT2D eigenvalue weighted by atomic mass is 10.0. The van der Waals surface area contributed by atoms with Crippen molar-refractivity contribution in [3.63, 3.8) is 0 Å². The summed E-state index contributed by atoms with van der Waals surface area (Å²) in [5, 5.41) is 1.26. The quantitative estimate of drug-likeness (QED) is 0.720. The standard InChI is InChI=1S/C11H14N2/c1-8(7-12)10-3-2-9-4-5-13-11(9)6-10/h2-6,8,13H,7,12H2,1H3. The molecule has 0 fully saturated rings. The third kappa shape index (κ3) is 1.45. The first-order chi connectivity index (χ1) is 6.31. The predicted molar refractivity (Wildman–Crippen MR) is 55.8 cm³/mol. The number of aromatic amines is 1. The summed E-state index contributed by atoms with van der Waals surface area (Å²) in [4.78, 5) is 3.20. The topological polar surface area (TPSA) is 41.8 Å². The van der Waals surface area contributed by atoms with Gasteiger partial charge in [0.15, 0.2) is 0 Å². The van der Waals surface area contributed by atoms with E-state index in [1.54, 1.807) is 0 Å². The minimum Gasteiger partial charge on any atom is -0.361 e. The summed E-state index contributed by atoms with van der Waals surface area (Å²) in [6.07, 6.45) is 1.96. The van der Waals surface area contributed by atoms with Gasteiger partial charge >= 0.3 is 0 Å². The third-order valence-electron chi connectivity index (χ3n) is 2.50. The van der Waals surface area contributed by atoms with Crippen molar-refractivity contribution in [3.05, 3.63) is 36.0 Å². The molecule has 2 nitrogen and oxygen atoms in total. The molecule has 0 aliphatic heterocycles. The smallest absolute Gasteiger partial charge is 0.0456 e. The molecule has 0 aliphatic carbocycles. The van der Waals surface area contributed by atoms with Crippen LogP contribution in [0.4, 0.5) is 0 Å². The molecule has 0 aliphatic rings. The van der Waals surface area contributed by atoms with Crippen LogP contribution in [0.25, 0.3) is 10.9 Å². The number of nitrogens with one attached hydrogen (secondary N) is 1. The van der Waals surface area contributed by atoms with Crippen molar-refractivity contribution in [2.75, 3.05) is 6.54 Å². The molecule has 0 saturated carbocycles. The molecule has 1 unspecified atom stereocenters. The fourth-order valence-electron chi connectivity index (χ4n) is 1.51. The summed E-state index contributed by atoms with van der Waals surface area (Å²) in [5.41, 5.74) is 8.11. The molecule has 3 N–H and O–H groups in total. The SMILES string of the molecule is CC(CN)c1ccc2cc[nH]c2c1. The summed E-state index contributed by atoms with van der Waals surface area (Å²) in [5.74, 6) is 0.438. The van der Waals surface area contributed by atoms with E-state index in [-0.39, 0.29) is 0 Å². The summed E-state index contributed by atoms with van der Waals surface area (Å²) in [7, 11) is 0. The first kappa shape index (κ1) is 8.32. The highest BCUT2D eigenvalue weighted by Gasteiger charge is 2.03. The average Bonchev–Trinajstić information content (AvgIpc) is 2.63. The molecule has 2 aromatic rings. The molecule has 0 bridgehead atoms. The van der Waals surface area contributed by atoms with Gasteiger partial charge in [0.05, 0.1) is 0 Å². The van der Waals surface area contributed by atoms with E-state index in [0.717, 1.165) is 0 Å². The first-order valence-electron chi connectivity index (χ1n) is 4.58. The number of hydrogen-bond acceptors (Lipinski definition) is 1. The Kier molecular flexibility index (Phi) is 2.07. The van der Waals surface area contributed by atoms with E-state index in [9.17, 15) is 0 Å². The predicted octanol–water partition coefficient (Wildman–Crippen LogP) is 2.23. The van der Waals surface area contributed by atoms with Gasteiger partial charge in [-0.1, -0.05) is 19.1 Å². The Morgan fingerprint density at radius 1 is 1.38 bits per heavy atom. The Balaban J connectivity index is 2.48. The number of aromatic nitrogens is 1. The molecule has 13 heavy (non-hydrogen) atoms. The maximum Gasteiger partial charge on any atom is 0.0456 e. The monoisotopic (exact) mass is 174 g/mol. The summed E-state index contributed by atoms with van der Waals surface area (Å²) in [6.45, 7) is 2.84. The molecule has 0 saturated heterocycles. The van der Waals surface area contributed by atoms with Crippen LogP contribution >= 0.6 is 0 Å². The fourth-order valence-corrected chi connectivity index (χ4v) is 1.51. The summed E-state index contributed by atoms with van der Waals surface area (Å²) in [6, 6.07) is 8.53. The van der Waals surface area contributed by atoms with Crippen LogP contribution in [0.5, 0.6) is 0 Å². The zero-order chi connectivity index (χ0) is 9.26. The van der Waals surface area contributed by atoms with Gasteiger partial charge in [-0.05, 0) is 35.5 Å². The van der Waals surface area contributed by atoms with E-state index in [4.69, 9.17) is 5.73 Å². The highest BCUT2D eigenvalue weighted by molar-refractivity contribution is 5.79. The molecule has 0 radical (unpaired) electrons. The van der Waals surface area contributed by atoms with Gasteiger partial charge in [-0.2, -0.15) is 0 Å². The molecule has 1 aromatic heterocycles. The molecule has 2 rings (SSSR count). The molecule has 1 atom stereocenters. The zero-order valence-electron chi connectivity index (χ0n) is 7.75. The molecule has 1 heterocycles. The van der Waals surface area contributed by atoms with E-state index in [0.29, 0.717) is 12.5 Å². The molecule has 68 valence electrons. The lowest BCUT2D eigenvalue weighted by Gasteiger charge is -2.08. The van der Waals surface area contributed by atoms with Gasteiger partial charge < -0.3 is 10.7 Å². The first-order valence-corrected chi connectivity index (χ1v) is 4.58. The van der Waals surface area contributed by atoms with Crippen molar-refractivity contribution < 1.29 is 0 Å². The fraction of sp³-hybridized carbons (Fsp3) is 0.273. The Hall–Kier alpha value is -1.28.